The van der Waals surface area contributed by atoms with Gasteiger partial charge < -0.3 is 20.6 Å². The molecule has 8 heavy (non-hydrogen) atoms. The van der Waals surface area contributed by atoms with E-state index in [4.69, 9.17) is 19.2 Å². The molecule has 0 aromatic carbocycles. The zero-order valence-corrected chi connectivity index (χ0v) is 7.09. The molecule has 0 rings (SSSR count). The Morgan fingerprint density at radius 3 is 1.00 bits per heavy atom. The van der Waals surface area contributed by atoms with Crippen LogP contribution in [0.5, 0.6) is 0 Å². The smallest absolute Gasteiger partial charge is 1.00 e. The van der Waals surface area contributed by atoms with E-state index in [1.165, 1.54) is 0 Å². The molecule has 0 aliphatic rings. The van der Waals surface area contributed by atoms with Crippen LogP contribution in [0.1, 0.15) is 1.43 Å². The van der Waals surface area contributed by atoms with Crippen LogP contribution in [0.2, 0.25) is 0 Å². The summed E-state index contributed by atoms with van der Waals surface area (Å²) in [5.41, 5.74) is 0. The van der Waals surface area contributed by atoms with Crippen molar-refractivity contribution in [2.45, 2.75) is 0 Å². The van der Waals surface area contributed by atoms with E-state index in [1.54, 1.807) is 0 Å². The van der Waals surface area contributed by atoms with E-state index in [2.05, 4.69) is 0 Å². The number of hydrogen-bond acceptors (Lipinski definition) is 4. The van der Waals surface area contributed by atoms with Gasteiger partial charge in [0.2, 0.25) is 0 Å². The largest absolute Gasteiger partial charge is 1.00 e. The van der Waals surface area contributed by atoms with Crippen molar-refractivity contribution in [1.29, 1.82) is 0 Å². The minimum Gasteiger partial charge on any atom is -1.00 e. The third-order valence-electron chi connectivity index (χ3n) is 0. The van der Waals surface area contributed by atoms with Crippen LogP contribution >= 0.6 is 0 Å². The van der Waals surface area contributed by atoms with E-state index in [1.807, 2.05) is 0 Å². The standard InChI is InChI=1S/Cu.Li.Mn.H4O4Si.H/c;;;1-5(2,3)4;/h;;;1-4H;/q;+1;;;-1. The molecule has 2 radical (unpaired) electrons. The zero-order valence-electron chi connectivity index (χ0n) is 4.97. The molecule has 52 valence electrons. The Balaban J connectivity index is -0.0000000133. The van der Waals surface area contributed by atoms with E-state index in [0.717, 1.165) is 0 Å². The molecule has 0 spiro atoms. The SMILES string of the molecule is O[Si](O)(O)O.[Cu].[H-].[Li+].[Mn]. The van der Waals surface area contributed by atoms with E-state index < -0.39 is 9.05 Å². The minimum absolute atomic E-state index is 0. The second kappa shape index (κ2) is 8.69. The van der Waals surface area contributed by atoms with E-state index >= 15 is 0 Å². The first-order chi connectivity index (χ1) is 2.00. The van der Waals surface area contributed by atoms with Gasteiger partial charge in [0, 0.05) is 34.1 Å². The van der Waals surface area contributed by atoms with Gasteiger partial charge in [-0.05, 0) is 0 Å². The Morgan fingerprint density at radius 1 is 1.00 bits per heavy atom. The van der Waals surface area contributed by atoms with Crippen molar-refractivity contribution in [3.63, 3.8) is 0 Å². The van der Waals surface area contributed by atoms with E-state index in [-0.39, 0.29) is 54.4 Å². The van der Waals surface area contributed by atoms with Crippen LogP contribution in [0.3, 0.4) is 0 Å². The van der Waals surface area contributed by atoms with Gasteiger partial charge in [-0.2, -0.15) is 0 Å². The summed E-state index contributed by atoms with van der Waals surface area (Å²) in [6, 6.07) is 0. The summed E-state index contributed by atoms with van der Waals surface area (Å²) < 4.78 is 0. The van der Waals surface area contributed by atoms with Crippen molar-refractivity contribution >= 4 is 9.05 Å². The van der Waals surface area contributed by atoms with Gasteiger partial charge in [-0.25, -0.2) is 0 Å². The van der Waals surface area contributed by atoms with Gasteiger partial charge in [0.05, 0.1) is 0 Å². The minimum atomic E-state index is -4.61. The monoisotopic (exact) mass is 222 g/mol. The fraction of sp³-hybridized carbons (Fsp3) is 0. The van der Waals surface area contributed by atoms with Crippen LogP contribution < -0.4 is 18.9 Å². The molecule has 0 heterocycles. The Kier molecular flexibility index (Phi) is 24.6. The van der Waals surface area contributed by atoms with Crippen molar-refractivity contribution in [2.24, 2.45) is 0 Å². The predicted octanol–water partition coefficient (Wildman–Crippen LogP) is -5.50. The van der Waals surface area contributed by atoms with Gasteiger partial charge in [-0.15, -0.1) is 0 Å². The molecule has 0 aromatic rings. The van der Waals surface area contributed by atoms with Crippen LogP contribution in [0.25, 0.3) is 0 Å². The van der Waals surface area contributed by atoms with Crippen LogP contribution in [-0.2, 0) is 34.1 Å². The molecule has 0 fully saturated rings. The average molecular weight is 223 g/mol. The molecule has 0 atom stereocenters. The molecule has 0 aliphatic heterocycles. The van der Waals surface area contributed by atoms with Gasteiger partial charge in [-0.3, -0.25) is 0 Å². The van der Waals surface area contributed by atoms with Gasteiger partial charge in [0.25, 0.3) is 0 Å². The first-order valence-corrected chi connectivity index (χ1v) is 2.68. The molecular weight excluding hydrogens is 218 g/mol. The Bertz CT molecular complexity index is 36.0. The van der Waals surface area contributed by atoms with Crippen LogP contribution in [0, 0.1) is 0 Å². The maximum absolute atomic E-state index is 7.33. The number of rotatable bonds is 0. The van der Waals surface area contributed by atoms with Crippen LogP contribution in [0.15, 0.2) is 0 Å². The van der Waals surface area contributed by atoms with Gasteiger partial charge in [-0.1, -0.05) is 0 Å². The first-order valence-electron chi connectivity index (χ1n) is 0.894. The molecule has 0 bridgehead atoms. The fourth-order valence-electron chi connectivity index (χ4n) is 0. The summed E-state index contributed by atoms with van der Waals surface area (Å²) in [5, 5.41) is 0. The van der Waals surface area contributed by atoms with Crippen molar-refractivity contribution in [2.75, 3.05) is 0 Å². The topological polar surface area (TPSA) is 80.9 Å². The first kappa shape index (κ1) is 22.6. The van der Waals surface area contributed by atoms with Gasteiger partial charge in [0.1, 0.15) is 0 Å². The average Bonchev–Trinajstić information content (AvgIpc) is 0.722. The Hall–Kier alpha value is 1.69. The van der Waals surface area contributed by atoms with Crippen molar-refractivity contribution < 1.29 is 73.6 Å². The normalized spacial score (nSPS) is 7.50. The molecule has 0 saturated heterocycles. The molecule has 0 saturated carbocycles. The molecule has 4 nitrogen and oxygen atoms in total. The summed E-state index contributed by atoms with van der Waals surface area (Å²) in [6.45, 7) is 0. The van der Waals surface area contributed by atoms with Crippen molar-refractivity contribution in [3.8, 4) is 0 Å². The fourth-order valence-corrected chi connectivity index (χ4v) is 0. The predicted molar refractivity (Wildman–Crippen MR) is 15.7 cm³/mol. The molecular formula is H5CuLiMnO4Si. The second-order valence-electron chi connectivity index (χ2n) is 0.600. The summed E-state index contributed by atoms with van der Waals surface area (Å²) in [5.74, 6) is 0. The maximum atomic E-state index is 7.33. The maximum Gasteiger partial charge on any atom is 1.00 e. The quantitative estimate of drug-likeness (QED) is 0.308. The Morgan fingerprint density at radius 2 is 1.00 bits per heavy atom. The molecule has 8 heteroatoms. The van der Waals surface area contributed by atoms with Gasteiger partial charge >= 0.3 is 27.9 Å². The van der Waals surface area contributed by atoms with Crippen molar-refractivity contribution in [3.05, 3.63) is 0 Å². The summed E-state index contributed by atoms with van der Waals surface area (Å²) in [4.78, 5) is 29.3. The Labute approximate surface area is 82.4 Å². The summed E-state index contributed by atoms with van der Waals surface area (Å²) in [7, 11) is -4.61. The van der Waals surface area contributed by atoms with Crippen LogP contribution in [0.4, 0.5) is 0 Å². The molecule has 4 N–H and O–H groups in total. The van der Waals surface area contributed by atoms with Crippen molar-refractivity contribution in [1.82, 2.24) is 0 Å². The molecule has 0 unspecified atom stereocenters. The van der Waals surface area contributed by atoms with Gasteiger partial charge in [0.15, 0.2) is 0 Å². The number of hydrogen-bond donors (Lipinski definition) is 4. The van der Waals surface area contributed by atoms with E-state index in [9.17, 15) is 0 Å². The molecule has 0 amide bonds. The van der Waals surface area contributed by atoms with E-state index in [0.29, 0.717) is 0 Å². The van der Waals surface area contributed by atoms with Crippen LogP contribution in [-0.4, -0.2) is 28.2 Å². The third-order valence-corrected chi connectivity index (χ3v) is 0. The summed E-state index contributed by atoms with van der Waals surface area (Å²) in [6.07, 6.45) is 0. The second-order valence-corrected chi connectivity index (χ2v) is 1.80. The molecule has 0 aliphatic carbocycles. The molecule has 0 aromatic heterocycles. The third kappa shape index (κ3) is 120. The summed E-state index contributed by atoms with van der Waals surface area (Å²) >= 11 is 0. The zero-order chi connectivity index (χ0) is 4.50.